The zero-order valence-electron chi connectivity index (χ0n) is 12.3. The van der Waals surface area contributed by atoms with Gasteiger partial charge in [-0.3, -0.25) is 0 Å². The summed E-state index contributed by atoms with van der Waals surface area (Å²) in [5.41, 5.74) is 0. The summed E-state index contributed by atoms with van der Waals surface area (Å²) in [6.45, 7) is 9.32. The van der Waals surface area contributed by atoms with E-state index in [9.17, 15) is 4.79 Å². The molecule has 0 rings (SSSR count). The molecule has 6 nitrogen and oxygen atoms in total. The van der Waals surface area contributed by atoms with Gasteiger partial charge in [-0.25, -0.2) is 4.79 Å². The van der Waals surface area contributed by atoms with Gasteiger partial charge in [0.1, 0.15) is 6.61 Å². The normalized spacial score (nSPS) is 16.0. The van der Waals surface area contributed by atoms with Crippen molar-refractivity contribution in [1.29, 1.82) is 0 Å². The van der Waals surface area contributed by atoms with Gasteiger partial charge < -0.3 is 24.1 Å². The van der Waals surface area contributed by atoms with Crippen molar-refractivity contribution in [3.63, 3.8) is 0 Å². The third kappa shape index (κ3) is 12.1. The molecule has 0 saturated heterocycles. The zero-order chi connectivity index (χ0) is 14.7. The molecule has 0 amide bonds. The highest BCUT2D eigenvalue weighted by Crippen LogP contribution is 2.00. The van der Waals surface area contributed by atoms with Crippen molar-refractivity contribution in [3.05, 3.63) is 0 Å². The third-order valence-corrected chi connectivity index (χ3v) is 2.28. The summed E-state index contributed by atoms with van der Waals surface area (Å²) in [4.78, 5) is 10.3. The van der Waals surface area contributed by atoms with Crippen LogP contribution >= 0.6 is 0 Å². The molecule has 3 atom stereocenters. The van der Waals surface area contributed by atoms with Gasteiger partial charge in [-0.15, -0.1) is 0 Å². The van der Waals surface area contributed by atoms with E-state index in [0.717, 1.165) is 0 Å². The number of hydrogen-bond acceptors (Lipinski definition) is 5. The molecule has 0 heterocycles. The summed E-state index contributed by atoms with van der Waals surface area (Å²) in [7, 11) is 0. The monoisotopic (exact) mass is 278 g/mol. The molecule has 0 aliphatic heterocycles. The Morgan fingerprint density at radius 3 is 1.89 bits per heavy atom. The van der Waals surface area contributed by atoms with Gasteiger partial charge in [0, 0.05) is 6.61 Å². The van der Waals surface area contributed by atoms with Gasteiger partial charge in [0.2, 0.25) is 0 Å². The minimum absolute atomic E-state index is 0.0340. The Morgan fingerprint density at radius 1 is 0.947 bits per heavy atom. The van der Waals surface area contributed by atoms with Crippen LogP contribution in [0.2, 0.25) is 0 Å². The fraction of sp³-hybridized carbons (Fsp3) is 0.923. The fourth-order valence-corrected chi connectivity index (χ4v) is 1.24. The third-order valence-electron chi connectivity index (χ3n) is 2.28. The Balaban J connectivity index is 3.57. The number of hydrogen-bond donors (Lipinski definition) is 1. The highest BCUT2D eigenvalue weighted by Gasteiger charge is 2.10. The molecule has 0 aromatic heterocycles. The van der Waals surface area contributed by atoms with Gasteiger partial charge >= 0.3 is 5.97 Å². The maximum absolute atomic E-state index is 10.3. The Kier molecular flexibility index (Phi) is 10.8. The van der Waals surface area contributed by atoms with Crippen molar-refractivity contribution >= 4 is 5.97 Å². The van der Waals surface area contributed by atoms with Crippen molar-refractivity contribution in [3.8, 4) is 0 Å². The summed E-state index contributed by atoms with van der Waals surface area (Å²) in [6, 6.07) is 0. The van der Waals surface area contributed by atoms with E-state index >= 15 is 0 Å². The number of aliphatic carboxylic acids is 1. The molecule has 0 aliphatic carbocycles. The second kappa shape index (κ2) is 11.2. The van der Waals surface area contributed by atoms with Crippen LogP contribution in [0.1, 0.15) is 27.7 Å². The highest BCUT2D eigenvalue weighted by molar-refractivity contribution is 5.68. The molecular formula is C13H26O6. The Labute approximate surface area is 115 Å². The standard InChI is InChI=1S/C13H26O6/c1-5-16-6-10(2)17-7-11(3)18-8-12(4)19-9-13(14)15/h10-12H,5-9H2,1-4H3,(H,14,15). The summed E-state index contributed by atoms with van der Waals surface area (Å²) < 4.78 is 21.3. The minimum atomic E-state index is -0.979. The predicted molar refractivity (Wildman–Crippen MR) is 70.4 cm³/mol. The molecule has 0 aromatic carbocycles. The maximum Gasteiger partial charge on any atom is 0.329 e. The topological polar surface area (TPSA) is 74.2 Å². The lowest BCUT2D eigenvalue weighted by Gasteiger charge is -2.19. The summed E-state index contributed by atoms with van der Waals surface area (Å²) in [5, 5.41) is 8.46. The van der Waals surface area contributed by atoms with Gasteiger partial charge in [-0.2, -0.15) is 0 Å². The average molecular weight is 278 g/mol. The molecule has 3 unspecified atom stereocenters. The Morgan fingerprint density at radius 2 is 1.42 bits per heavy atom. The van der Waals surface area contributed by atoms with Crippen LogP contribution in [0.5, 0.6) is 0 Å². The molecule has 6 heteroatoms. The van der Waals surface area contributed by atoms with Gasteiger partial charge in [0.05, 0.1) is 38.1 Å². The van der Waals surface area contributed by atoms with Crippen LogP contribution in [-0.2, 0) is 23.7 Å². The van der Waals surface area contributed by atoms with Crippen LogP contribution in [0.25, 0.3) is 0 Å². The van der Waals surface area contributed by atoms with E-state index in [1.807, 2.05) is 20.8 Å². The lowest BCUT2D eigenvalue weighted by Crippen LogP contribution is -2.27. The lowest BCUT2D eigenvalue weighted by atomic mass is 10.4. The SMILES string of the molecule is CCOCC(C)OCC(C)OCC(C)OCC(=O)O. The van der Waals surface area contributed by atoms with E-state index in [4.69, 9.17) is 24.1 Å². The number of carboxylic acids is 1. The molecule has 0 saturated carbocycles. The minimum Gasteiger partial charge on any atom is -0.480 e. The van der Waals surface area contributed by atoms with Gasteiger partial charge in [0.25, 0.3) is 0 Å². The molecule has 0 aliphatic rings. The van der Waals surface area contributed by atoms with Crippen molar-refractivity contribution in [2.75, 3.05) is 33.0 Å². The molecule has 1 N–H and O–H groups in total. The number of rotatable bonds is 12. The molecule has 0 radical (unpaired) electrons. The van der Waals surface area contributed by atoms with Crippen molar-refractivity contribution in [2.45, 2.75) is 46.0 Å². The van der Waals surface area contributed by atoms with Crippen LogP contribution < -0.4 is 0 Å². The predicted octanol–water partition coefficient (Wildman–Crippen LogP) is 1.32. The first-order chi connectivity index (χ1) is 8.95. The van der Waals surface area contributed by atoms with E-state index in [0.29, 0.717) is 26.4 Å². The Bertz CT molecular complexity index is 233. The van der Waals surface area contributed by atoms with E-state index in [1.165, 1.54) is 0 Å². The van der Waals surface area contributed by atoms with Crippen LogP contribution in [0, 0.1) is 0 Å². The first-order valence-corrected chi connectivity index (χ1v) is 6.60. The van der Waals surface area contributed by atoms with Crippen LogP contribution in [0.15, 0.2) is 0 Å². The summed E-state index contributed by atoms with van der Waals surface area (Å²) in [5.74, 6) is -0.979. The maximum atomic E-state index is 10.3. The van der Waals surface area contributed by atoms with E-state index in [-0.39, 0.29) is 24.9 Å². The molecule has 0 aromatic rings. The van der Waals surface area contributed by atoms with Gasteiger partial charge in [-0.1, -0.05) is 0 Å². The molecule has 19 heavy (non-hydrogen) atoms. The quantitative estimate of drug-likeness (QED) is 0.580. The molecule has 114 valence electrons. The molecular weight excluding hydrogens is 252 g/mol. The molecule has 0 fully saturated rings. The van der Waals surface area contributed by atoms with Gasteiger partial charge in [0.15, 0.2) is 0 Å². The first kappa shape index (κ1) is 18.3. The largest absolute Gasteiger partial charge is 0.480 e. The van der Waals surface area contributed by atoms with E-state index in [2.05, 4.69) is 0 Å². The molecule has 0 spiro atoms. The number of carbonyl (C=O) groups is 1. The van der Waals surface area contributed by atoms with Crippen LogP contribution in [-0.4, -0.2) is 62.4 Å². The number of ether oxygens (including phenoxy) is 4. The second-order valence-corrected chi connectivity index (χ2v) is 4.46. The van der Waals surface area contributed by atoms with Crippen molar-refractivity contribution in [2.24, 2.45) is 0 Å². The van der Waals surface area contributed by atoms with E-state index < -0.39 is 5.97 Å². The number of carboxylic acid groups (broad SMARTS) is 1. The highest BCUT2D eigenvalue weighted by atomic mass is 16.6. The van der Waals surface area contributed by atoms with Crippen LogP contribution in [0.3, 0.4) is 0 Å². The summed E-state index contributed by atoms with van der Waals surface area (Å²) >= 11 is 0. The molecule has 0 bridgehead atoms. The zero-order valence-corrected chi connectivity index (χ0v) is 12.3. The van der Waals surface area contributed by atoms with Crippen LogP contribution in [0.4, 0.5) is 0 Å². The summed E-state index contributed by atoms with van der Waals surface area (Å²) in [6.07, 6.45) is -0.286. The Hall–Kier alpha value is -0.690. The van der Waals surface area contributed by atoms with E-state index in [1.54, 1.807) is 6.92 Å². The van der Waals surface area contributed by atoms with Crippen molar-refractivity contribution in [1.82, 2.24) is 0 Å². The lowest BCUT2D eigenvalue weighted by molar-refractivity contribution is -0.146. The smallest absolute Gasteiger partial charge is 0.329 e. The average Bonchev–Trinajstić information content (AvgIpc) is 2.37. The second-order valence-electron chi connectivity index (χ2n) is 4.46. The first-order valence-electron chi connectivity index (χ1n) is 6.60. The van der Waals surface area contributed by atoms with Gasteiger partial charge in [-0.05, 0) is 27.7 Å². The van der Waals surface area contributed by atoms with Crippen molar-refractivity contribution < 1.29 is 28.8 Å². The fourth-order valence-electron chi connectivity index (χ4n) is 1.24.